The van der Waals surface area contributed by atoms with E-state index in [4.69, 9.17) is 4.74 Å². The number of hydrogen-bond donors (Lipinski definition) is 2. The average Bonchev–Trinajstić information content (AvgIpc) is 3.55. The maximum Gasteiger partial charge on any atom is 0.410 e. The van der Waals surface area contributed by atoms with Crippen molar-refractivity contribution in [1.82, 2.24) is 10.2 Å². The van der Waals surface area contributed by atoms with Gasteiger partial charge in [0.25, 0.3) is 0 Å². The lowest BCUT2D eigenvalue weighted by Gasteiger charge is -2.68. The quantitative estimate of drug-likeness (QED) is 0.333. The molecule has 46 heavy (non-hydrogen) atoms. The Kier molecular flexibility index (Phi) is 8.38. The van der Waals surface area contributed by atoms with Gasteiger partial charge in [-0.2, -0.15) is 0 Å². The van der Waals surface area contributed by atoms with Crippen molar-refractivity contribution < 1.29 is 24.2 Å². The van der Waals surface area contributed by atoms with E-state index in [1.807, 2.05) is 20.8 Å². The van der Waals surface area contributed by atoms with Crippen molar-refractivity contribution in [3.63, 3.8) is 0 Å². The largest absolute Gasteiger partial charge is 0.444 e. The van der Waals surface area contributed by atoms with Crippen molar-refractivity contribution in [2.24, 2.45) is 51.2 Å². The molecule has 5 fully saturated rings. The zero-order valence-corrected chi connectivity index (χ0v) is 30.3. The van der Waals surface area contributed by atoms with Crippen LogP contribution in [-0.2, 0) is 14.3 Å². The van der Waals surface area contributed by atoms with Crippen LogP contribution in [0.25, 0.3) is 0 Å². The molecular weight excluding hydrogens is 576 g/mol. The van der Waals surface area contributed by atoms with Crippen molar-refractivity contribution >= 4 is 17.8 Å². The van der Waals surface area contributed by atoms with Crippen molar-refractivity contribution in [2.45, 2.75) is 151 Å². The monoisotopic (exact) mass is 638 g/mol. The molecule has 0 radical (unpaired) electrons. The highest BCUT2D eigenvalue weighted by Gasteiger charge is 2.67. The van der Waals surface area contributed by atoms with Gasteiger partial charge in [0.15, 0.2) is 5.78 Å². The number of nitrogens with one attached hydrogen (secondary N) is 1. The molecule has 5 aliphatic carbocycles. The molecule has 0 spiro atoms. The van der Waals surface area contributed by atoms with E-state index in [1.165, 1.54) is 5.57 Å². The molecule has 258 valence electrons. The number of allylic oxidation sites excluding steroid dienone is 1. The van der Waals surface area contributed by atoms with E-state index < -0.39 is 11.0 Å². The normalized spacial score (nSPS) is 41.9. The minimum absolute atomic E-state index is 0.00745. The van der Waals surface area contributed by atoms with Crippen molar-refractivity contribution in [2.75, 3.05) is 13.1 Å². The van der Waals surface area contributed by atoms with E-state index in [-0.39, 0.29) is 64.4 Å². The molecule has 6 rings (SSSR count). The maximum absolute atomic E-state index is 14.5. The first kappa shape index (κ1) is 34.0. The number of aliphatic hydroxyl groups excluding tert-OH is 1. The first-order valence-corrected chi connectivity index (χ1v) is 18.6. The summed E-state index contributed by atoms with van der Waals surface area (Å²) in [6, 6.07) is -0.0933. The molecule has 1 heterocycles. The number of rotatable bonds is 4. The Morgan fingerprint density at radius 1 is 0.957 bits per heavy atom. The van der Waals surface area contributed by atoms with Crippen LogP contribution < -0.4 is 5.32 Å². The highest BCUT2D eigenvalue weighted by Crippen LogP contribution is 2.72. The Morgan fingerprint density at radius 2 is 1.65 bits per heavy atom. The number of fused-ring (bicyclic) bond motifs is 7. The molecule has 0 aromatic rings. The van der Waals surface area contributed by atoms with Crippen LogP contribution in [0.4, 0.5) is 4.79 Å². The van der Waals surface area contributed by atoms with E-state index in [9.17, 15) is 19.5 Å². The number of carbonyl (C=O) groups excluding carboxylic acids is 3. The zero-order chi connectivity index (χ0) is 33.6. The van der Waals surface area contributed by atoms with Crippen LogP contribution in [0.1, 0.15) is 133 Å². The lowest BCUT2D eigenvalue weighted by Crippen LogP contribution is -2.63. The van der Waals surface area contributed by atoms with E-state index in [0.717, 1.165) is 69.8 Å². The molecule has 0 bridgehead atoms. The fourth-order valence-electron chi connectivity index (χ4n) is 12.6. The van der Waals surface area contributed by atoms with Gasteiger partial charge in [-0.3, -0.25) is 9.59 Å². The lowest BCUT2D eigenvalue weighted by molar-refractivity contribution is -0.203. The maximum atomic E-state index is 14.5. The Morgan fingerprint density at radius 3 is 2.33 bits per heavy atom. The highest BCUT2D eigenvalue weighted by molar-refractivity contribution is 6.06. The van der Waals surface area contributed by atoms with Crippen LogP contribution in [0.3, 0.4) is 0 Å². The molecule has 6 aliphatic rings. The van der Waals surface area contributed by atoms with Gasteiger partial charge in [-0.15, -0.1) is 0 Å². The van der Waals surface area contributed by atoms with E-state index in [1.54, 1.807) is 4.90 Å². The van der Waals surface area contributed by atoms with Crippen molar-refractivity contribution in [3.05, 3.63) is 11.1 Å². The van der Waals surface area contributed by atoms with E-state index in [2.05, 4.69) is 46.9 Å². The number of hydrogen-bond acceptors (Lipinski definition) is 5. The third-order valence-corrected chi connectivity index (χ3v) is 14.5. The second-order valence-electron chi connectivity index (χ2n) is 18.7. The topological polar surface area (TPSA) is 95.9 Å². The van der Waals surface area contributed by atoms with Crippen LogP contribution in [0.5, 0.6) is 0 Å². The number of Topliss-reactive ketones (excluding diaryl/α,β-unsaturated/α-hetero) is 1. The minimum Gasteiger partial charge on any atom is -0.444 e. The third-order valence-electron chi connectivity index (χ3n) is 14.5. The van der Waals surface area contributed by atoms with Gasteiger partial charge in [0.1, 0.15) is 5.60 Å². The van der Waals surface area contributed by atoms with Crippen LogP contribution in [0, 0.1) is 51.2 Å². The minimum atomic E-state index is -0.769. The Balaban J connectivity index is 1.27. The molecule has 6 unspecified atom stereocenters. The van der Waals surface area contributed by atoms with Crippen LogP contribution in [0.2, 0.25) is 0 Å². The average molecular weight is 639 g/mol. The number of ketones is 1. The molecule has 4 saturated carbocycles. The molecule has 0 aromatic carbocycles. The number of likely N-dealkylation sites (tertiary alicyclic amines) is 1. The number of nitrogens with zero attached hydrogens (tertiary/aromatic N) is 1. The summed E-state index contributed by atoms with van der Waals surface area (Å²) in [7, 11) is 0. The highest BCUT2D eigenvalue weighted by atomic mass is 16.6. The molecule has 0 aromatic heterocycles. The van der Waals surface area contributed by atoms with Crippen molar-refractivity contribution in [3.8, 4) is 0 Å². The smallest absolute Gasteiger partial charge is 0.410 e. The van der Waals surface area contributed by atoms with Gasteiger partial charge >= 0.3 is 6.09 Å². The van der Waals surface area contributed by atoms with Crippen LogP contribution in [-0.4, -0.2) is 58.6 Å². The summed E-state index contributed by atoms with van der Waals surface area (Å²) in [5, 5.41) is 14.3. The second-order valence-corrected chi connectivity index (χ2v) is 18.7. The SMILES string of the molecule is CC(C)C1=C2C3CCC4[C@@](C)(CCC5C(C)(C)[C@@H](O)CC[C@@]54C)C3CCC2(C(=O)NCC2CCCN2C(=O)OC(C)(C)C)CC1=O. The van der Waals surface area contributed by atoms with Gasteiger partial charge in [-0.05, 0) is 142 Å². The van der Waals surface area contributed by atoms with Gasteiger partial charge in [0, 0.05) is 19.5 Å². The fraction of sp³-hybridized carbons (Fsp3) is 0.872. The van der Waals surface area contributed by atoms with E-state index >= 15 is 0 Å². The standard InChI is InChI=1S/C39H62N2O5/c1-23(2)31-27(42)21-39(33(44)40-22-24-11-10-20-41(24)34(45)46-35(3,4)5)19-14-26-25(32(31)39)12-13-29-37(26,8)17-15-28-36(6,7)30(43)16-18-38(28,29)9/h23-26,28-30,43H,10-22H2,1-9H3,(H,40,44)/t24?,25?,26?,28?,29?,30-,37-,38-,39?/m0/s1. The Bertz CT molecular complexity index is 1300. The molecule has 9 atom stereocenters. The molecular formula is C39H62N2O5. The van der Waals surface area contributed by atoms with Gasteiger partial charge < -0.3 is 20.1 Å². The summed E-state index contributed by atoms with van der Waals surface area (Å²) in [5.41, 5.74) is 1.07. The first-order chi connectivity index (χ1) is 21.4. The van der Waals surface area contributed by atoms with Gasteiger partial charge in [-0.25, -0.2) is 4.79 Å². The van der Waals surface area contributed by atoms with Gasteiger partial charge in [0.05, 0.1) is 17.6 Å². The molecule has 7 heteroatoms. The predicted molar refractivity (Wildman–Crippen MR) is 180 cm³/mol. The number of carbonyl (C=O) groups is 3. The lowest BCUT2D eigenvalue weighted by atomic mass is 9.36. The summed E-state index contributed by atoms with van der Waals surface area (Å²) < 4.78 is 5.68. The zero-order valence-electron chi connectivity index (χ0n) is 30.3. The first-order valence-electron chi connectivity index (χ1n) is 18.6. The molecule has 2 amide bonds. The van der Waals surface area contributed by atoms with Crippen molar-refractivity contribution in [1.29, 1.82) is 0 Å². The van der Waals surface area contributed by atoms with Crippen LogP contribution >= 0.6 is 0 Å². The number of aliphatic hydroxyl groups is 1. The van der Waals surface area contributed by atoms with Gasteiger partial charge in [0.2, 0.25) is 5.91 Å². The molecule has 1 aliphatic heterocycles. The molecule has 1 saturated heterocycles. The predicted octanol–water partition coefficient (Wildman–Crippen LogP) is 7.45. The molecule has 7 nitrogen and oxygen atoms in total. The number of ether oxygens (including phenoxy) is 1. The second kappa shape index (κ2) is 11.3. The van der Waals surface area contributed by atoms with Crippen LogP contribution in [0.15, 0.2) is 11.1 Å². The summed E-state index contributed by atoms with van der Waals surface area (Å²) in [5.74, 6) is 2.09. The summed E-state index contributed by atoms with van der Waals surface area (Å²) in [4.78, 5) is 43.1. The summed E-state index contributed by atoms with van der Waals surface area (Å²) in [6.45, 7) is 20.6. The third kappa shape index (κ3) is 5.10. The number of amides is 2. The van der Waals surface area contributed by atoms with E-state index in [0.29, 0.717) is 30.8 Å². The Hall–Kier alpha value is -1.89. The summed E-state index contributed by atoms with van der Waals surface area (Å²) in [6.07, 6.45) is 9.63. The fourth-order valence-corrected chi connectivity index (χ4v) is 12.6. The molecule has 2 N–H and O–H groups in total. The van der Waals surface area contributed by atoms with Gasteiger partial charge in [-0.1, -0.05) is 41.5 Å². The Labute approximate surface area is 278 Å². The summed E-state index contributed by atoms with van der Waals surface area (Å²) >= 11 is 0.